The van der Waals surface area contributed by atoms with Gasteiger partial charge in [0.05, 0.1) is 19.3 Å². The second kappa shape index (κ2) is 9.63. The van der Waals surface area contributed by atoms with Crippen LogP contribution in [-0.4, -0.2) is 64.6 Å². The summed E-state index contributed by atoms with van der Waals surface area (Å²) in [5.41, 5.74) is 1.29. The van der Waals surface area contributed by atoms with Crippen LogP contribution in [0.15, 0.2) is 35.3 Å². The molecule has 6 heteroatoms. The molecule has 1 aromatic carbocycles. The van der Waals surface area contributed by atoms with E-state index in [0.717, 1.165) is 51.5 Å². The first-order valence-electron chi connectivity index (χ1n) is 9.31. The summed E-state index contributed by atoms with van der Waals surface area (Å²) in [6.07, 6.45) is 3.69. The minimum atomic E-state index is 0.292. The highest BCUT2D eigenvalue weighted by Crippen LogP contribution is 2.19. The molecule has 25 heavy (non-hydrogen) atoms. The first kappa shape index (κ1) is 18.0. The number of aliphatic imine (C=N–C) groups is 1. The minimum absolute atomic E-state index is 0.292. The Kier molecular flexibility index (Phi) is 6.94. The third-order valence-electron chi connectivity index (χ3n) is 4.74. The van der Waals surface area contributed by atoms with Crippen molar-refractivity contribution in [2.75, 3.05) is 51.4 Å². The van der Waals surface area contributed by atoms with Gasteiger partial charge in [-0.05, 0) is 31.4 Å². The molecule has 0 aliphatic carbocycles. The van der Waals surface area contributed by atoms with Gasteiger partial charge in [0.2, 0.25) is 0 Å². The first-order valence-corrected chi connectivity index (χ1v) is 9.31. The standard InChI is InChI=1S/C19H30N4O2/c1-20-19(21-10-13-24-15-18-8-5-12-25-18)22-16-9-11-23(14-16)17-6-3-2-4-7-17/h2-4,6-7,16,18H,5,8-15H2,1H3,(H2,20,21,22). The van der Waals surface area contributed by atoms with Gasteiger partial charge in [-0.3, -0.25) is 4.99 Å². The highest BCUT2D eigenvalue weighted by atomic mass is 16.5. The fourth-order valence-electron chi connectivity index (χ4n) is 3.37. The van der Waals surface area contributed by atoms with Crippen molar-refractivity contribution in [3.8, 4) is 0 Å². The van der Waals surface area contributed by atoms with Crippen LogP contribution in [0.3, 0.4) is 0 Å². The zero-order valence-electron chi connectivity index (χ0n) is 15.1. The molecule has 0 bridgehead atoms. The number of benzene rings is 1. The highest BCUT2D eigenvalue weighted by Gasteiger charge is 2.23. The fraction of sp³-hybridized carbons (Fsp3) is 0.632. The van der Waals surface area contributed by atoms with Gasteiger partial charge in [-0.2, -0.15) is 0 Å². The predicted octanol–water partition coefficient (Wildman–Crippen LogP) is 1.63. The normalized spacial score (nSPS) is 23.9. The van der Waals surface area contributed by atoms with Crippen LogP contribution in [0.2, 0.25) is 0 Å². The molecule has 3 rings (SSSR count). The average molecular weight is 346 g/mol. The zero-order valence-corrected chi connectivity index (χ0v) is 15.1. The SMILES string of the molecule is CN=C(NCCOCC1CCCO1)NC1CCN(c2ccccc2)C1. The van der Waals surface area contributed by atoms with E-state index < -0.39 is 0 Å². The second-order valence-electron chi connectivity index (χ2n) is 6.62. The smallest absolute Gasteiger partial charge is 0.191 e. The predicted molar refractivity (Wildman–Crippen MR) is 101 cm³/mol. The van der Waals surface area contributed by atoms with Gasteiger partial charge in [-0.15, -0.1) is 0 Å². The van der Waals surface area contributed by atoms with Gasteiger partial charge in [0, 0.05) is 45.0 Å². The average Bonchev–Trinajstić information content (AvgIpc) is 3.33. The third kappa shape index (κ3) is 5.61. The zero-order chi connectivity index (χ0) is 17.3. The molecule has 0 spiro atoms. The van der Waals surface area contributed by atoms with Crippen molar-refractivity contribution in [3.05, 3.63) is 30.3 Å². The van der Waals surface area contributed by atoms with Crippen LogP contribution in [0.25, 0.3) is 0 Å². The molecule has 2 saturated heterocycles. The molecule has 0 radical (unpaired) electrons. The van der Waals surface area contributed by atoms with E-state index in [1.54, 1.807) is 0 Å². The van der Waals surface area contributed by atoms with Gasteiger partial charge in [0.15, 0.2) is 5.96 Å². The molecule has 2 heterocycles. The van der Waals surface area contributed by atoms with Crippen molar-refractivity contribution in [2.45, 2.75) is 31.4 Å². The summed E-state index contributed by atoms with van der Waals surface area (Å²) in [5.74, 6) is 0.848. The third-order valence-corrected chi connectivity index (χ3v) is 4.74. The number of anilines is 1. The van der Waals surface area contributed by atoms with E-state index in [4.69, 9.17) is 9.47 Å². The fourth-order valence-corrected chi connectivity index (χ4v) is 3.37. The molecule has 6 nitrogen and oxygen atoms in total. The van der Waals surface area contributed by atoms with Gasteiger partial charge in [0.25, 0.3) is 0 Å². The number of para-hydroxylation sites is 1. The summed E-state index contributed by atoms with van der Waals surface area (Å²) in [4.78, 5) is 6.73. The molecule has 138 valence electrons. The Morgan fingerprint density at radius 1 is 1.32 bits per heavy atom. The summed E-state index contributed by atoms with van der Waals surface area (Å²) in [7, 11) is 1.81. The van der Waals surface area contributed by atoms with Crippen molar-refractivity contribution in [1.29, 1.82) is 0 Å². The van der Waals surface area contributed by atoms with E-state index in [0.29, 0.717) is 25.4 Å². The number of hydrogen-bond acceptors (Lipinski definition) is 4. The molecule has 2 aliphatic rings. The van der Waals surface area contributed by atoms with Gasteiger partial charge in [0.1, 0.15) is 0 Å². The van der Waals surface area contributed by atoms with Crippen LogP contribution in [-0.2, 0) is 9.47 Å². The van der Waals surface area contributed by atoms with Gasteiger partial charge < -0.3 is 25.0 Å². The van der Waals surface area contributed by atoms with Crippen molar-refractivity contribution in [1.82, 2.24) is 10.6 Å². The molecule has 0 saturated carbocycles. The van der Waals surface area contributed by atoms with Crippen LogP contribution in [0.4, 0.5) is 5.69 Å². The Hall–Kier alpha value is -1.79. The van der Waals surface area contributed by atoms with Crippen molar-refractivity contribution < 1.29 is 9.47 Å². The molecule has 2 unspecified atom stereocenters. The quantitative estimate of drug-likeness (QED) is 0.446. The molecule has 0 aromatic heterocycles. The Morgan fingerprint density at radius 2 is 2.20 bits per heavy atom. The first-order chi connectivity index (χ1) is 12.3. The molecule has 2 atom stereocenters. The largest absolute Gasteiger partial charge is 0.377 e. The molecule has 2 N–H and O–H groups in total. The number of nitrogens with zero attached hydrogens (tertiary/aromatic N) is 2. The van der Waals surface area contributed by atoms with Crippen LogP contribution < -0.4 is 15.5 Å². The van der Waals surface area contributed by atoms with E-state index in [-0.39, 0.29) is 0 Å². The van der Waals surface area contributed by atoms with Crippen LogP contribution >= 0.6 is 0 Å². The Bertz CT molecular complexity index is 531. The number of guanidine groups is 1. The van der Waals surface area contributed by atoms with Crippen molar-refractivity contribution in [2.24, 2.45) is 4.99 Å². The number of nitrogens with one attached hydrogen (secondary N) is 2. The summed E-state index contributed by atoms with van der Waals surface area (Å²) in [6.45, 7) is 5.07. The maximum Gasteiger partial charge on any atom is 0.191 e. The summed E-state index contributed by atoms with van der Waals surface area (Å²) in [5, 5.41) is 6.85. The maximum atomic E-state index is 5.68. The summed E-state index contributed by atoms with van der Waals surface area (Å²) >= 11 is 0. The minimum Gasteiger partial charge on any atom is -0.377 e. The monoisotopic (exact) mass is 346 g/mol. The number of ether oxygens (including phenoxy) is 2. The topological polar surface area (TPSA) is 58.1 Å². The van der Waals surface area contributed by atoms with E-state index >= 15 is 0 Å². The second-order valence-corrected chi connectivity index (χ2v) is 6.62. The maximum absolute atomic E-state index is 5.68. The lowest BCUT2D eigenvalue weighted by molar-refractivity contribution is 0.0191. The number of rotatable bonds is 7. The van der Waals surface area contributed by atoms with Gasteiger partial charge in [-0.25, -0.2) is 0 Å². The number of hydrogen-bond donors (Lipinski definition) is 2. The van der Waals surface area contributed by atoms with Crippen LogP contribution in [0.1, 0.15) is 19.3 Å². The van der Waals surface area contributed by atoms with Crippen LogP contribution in [0, 0.1) is 0 Å². The van der Waals surface area contributed by atoms with E-state index in [1.807, 2.05) is 7.05 Å². The molecular formula is C19H30N4O2. The summed E-state index contributed by atoms with van der Waals surface area (Å²) in [6, 6.07) is 11.0. The molecule has 2 aliphatic heterocycles. The lowest BCUT2D eigenvalue weighted by atomic mass is 10.2. The highest BCUT2D eigenvalue weighted by molar-refractivity contribution is 5.80. The van der Waals surface area contributed by atoms with Gasteiger partial charge >= 0.3 is 0 Å². The van der Waals surface area contributed by atoms with Crippen molar-refractivity contribution in [3.63, 3.8) is 0 Å². The van der Waals surface area contributed by atoms with E-state index in [2.05, 4.69) is 50.9 Å². The lowest BCUT2D eigenvalue weighted by Crippen LogP contribution is -2.45. The Morgan fingerprint density at radius 3 is 2.96 bits per heavy atom. The van der Waals surface area contributed by atoms with Gasteiger partial charge in [-0.1, -0.05) is 18.2 Å². The lowest BCUT2D eigenvalue weighted by Gasteiger charge is -2.20. The Labute approximate surface area is 150 Å². The van der Waals surface area contributed by atoms with Crippen molar-refractivity contribution >= 4 is 11.6 Å². The van der Waals surface area contributed by atoms with E-state index in [9.17, 15) is 0 Å². The molecule has 0 amide bonds. The molecule has 1 aromatic rings. The molecule has 2 fully saturated rings. The molecular weight excluding hydrogens is 316 g/mol. The van der Waals surface area contributed by atoms with E-state index in [1.165, 1.54) is 5.69 Å². The Balaban J connectivity index is 1.32. The summed E-state index contributed by atoms with van der Waals surface area (Å²) < 4.78 is 11.2. The van der Waals surface area contributed by atoms with Crippen LogP contribution in [0.5, 0.6) is 0 Å².